The second-order valence-corrected chi connectivity index (χ2v) is 6.94. The van der Waals surface area contributed by atoms with Crippen molar-refractivity contribution < 1.29 is 4.92 Å². The maximum absolute atomic E-state index is 12.6. The predicted octanol–water partition coefficient (Wildman–Crippen LogP) is 2.57. The van der Waals surface area contributed by atoms with E-state index in [0.717, 1.165) is 21.1 Å². The van der Waals surface area contributed by atoms with Gasteiger partial charge in [0.2, 0.25) is 0 Å². The van der Waals surface area contributed by atoms with Gasteiger partial charge in [-0.25, -0.2) is 0 Å². The van der Waals surface area contributed by atoms with Crippen LogP contribution in [0.3, 0.4) is 0 Å². The summed E-state index contributed by atoms with van der Waals surface area (Å²) >= 11 is -0.182. The Kier molecular flexibility index (Phi) is 3.27. The Morgan fingerprint density at radius 1 is 1.14 bits per heavy atom. The molecule has 0 saturated heterocycles. The molecule has 0 atom stereocenters. The summed E-state index contributed by atoms with van der Waals surface area (Å²) in [4.78, 5) is 23.0. The fourth-order valence-electron chi connectivity index (χ4n) is 2.40. The molecule has 1 heterocycles. The van der Waals surface area contributed by atoms with Gasteiger partial charge in [-0.2, -0.15) is 0 Å². The topological polar surface area (TPSA) is 65.1 Å². The van der Waals surface area contributed by atoms with E-state index in [2.05, 4.69) is 0 Å². The molecule has 0 radical (unpaired) electrons. The van der Waals surface area contributed by atoms with E-state index in [1.807, 2.05) is 32.0 Å². The molecule has 1 aromatic heterocycles. The summed E-state index contributed by atoms with van der Waals surface area (Å²) in [6.07, 6.45) is 0. The molecule has 3 aromatic rings. The molecule has 0 amide bonds. The van der Waals surface area contributed by atoms with E-state index in [1.54, 1.807) is 9.63 Å². The van der Waals surface area contributed by atoms with Crippen molar-refractivity contribution in [1.82, 2.24) is 3.56 Å². The quantitative estimate of drug-likeness (QED) is 0.407. The number of hydrogen-bond acceptors (Lipinski definition) is 3. The van der Waals surface area contributed by atoms with Crippen molar-refractivity contribution in [3.8, 4) is 5.69 Å². The van der Waals surface area contributed by atoms with Crippen molar-refractivity contribution in [1.29, 1.82) is 0 Å². The van der Waals surface area contributed by atoms with Crippen LogP contribution in [0.2, 0.25) is 0 Å². The zero-order valence-corrected chi connectivity index (χ0v) is 13.2. The number of aryl methyl sites for hydroxylation is 2. The number of nitrogens with zero attached hydrogens (tertiary/aromatic N) is 2. The van der Waals surface area contributed by atoms with E-state index in [0.29, 0.717) is 5.39 Å². The molecule has 0 spiro atoms. The van der Waals surface area contributed by atoms with Crippen LogP contribution in [0.25, 0.3) is 15.3 Å². The van der Waals surface area contributed by atoms with E-state index >= 15 is 0 Å². The van der Waals surface area contributed by atoms with Gasteiger partial charge >= 0.3 is 126 Å². The second-order valence-electron chi connectivity index (χ2n) is 4.87. The second kappa shape index (κ2) is 4.98. The van der Waals surface area contributed by atoms with Gasteiger partial charge in [0.1, 0.15) is 0 Å². The molecule has 0 saturated carbocycles. The standard InChI is InChI=1S/C15H12N2O3Se/c1-9-4-3-5-10(2)14(9)16-15(18)12-8-11(17(19)20)6-7-13(12)21-16/h3-8H,1-2H3. The molecule has 0 unspecified atom stereocenters. The molecule has 2 aromatic carbocycles. The van der Waals surface area contributed by atoms with Crippen LogP contribution < -0.4 is 5.56 Å². The van der Waals surface area contributed by atoms with E-state index < -0.39 is 4.92 Å². The van der Waals surface area contributed by atoms with Crippen LogP contribution in [0, 0.1) is 24.0 Å². The average molecular weight is 347 g/mol. The minimum atomic E-state index is -0.470. The Balaban J connectivity index is 2.33. The zero-order valence-electron chi connectivity index (χ0n) is 11.5. The Morgan fingerprint density at radius 2 is 1.81 bits per heavy atom. The maximum atomic E-state index is 12.6. The van der Waals surface area contributed by atoms with Crippen molar-refractivity contribution in [2.45, 2.75) is 13.8 Å². The van der Waals surface area contributed by atoms with Crippen molar-refractivity contribution in [3.05, 3.63) is 68.0 Å². The van der Waals surface area contributed by atoms with Crippen LogP contribution in [0.1, 0.15) is 11.1 Å². The molecule has 5 nitrogen and oxygen atoms in total. The summed E-state index contributed by atoms with van der Waals surface area (Å²) in [6, 6.07) is 10.4. The number of fused-ring (bicyclic) bond motifs is 1. The van der Waals surface area contributed by atoms with Gasteiger partial charge in [0.15, 0.2) is 0 Å². The summed E-state index contributed by atoms with van der Waals surface area (Å²) in [5.41, 5.74) is 2.80. The van der Waals surface area contributed by atoms with Crippen LogP contribution in [0.5, 0.6) is 0 Å². The third-order valence-electron chi connectivity index (χ3n) is 3.42. The molecular formula is C15H12N2O3Se. The molecule has 0 aliphatic heterocycles. The van der Waals surface area contributed by atoms with Crippen LogP contribution in [0.15, 0.2) is 41.2 Å². The van der Waals surface area contributed by atoms with Gasteiger partial charge in [0.05, 0.1) is 0 Å². The number of benzene rings is 2. The Bertz CT molecular complexity index is 904. The molecule has 0 fully saturated rings. The van der Waals surface area contributed by atoms with E-state index in [1.165, 1.54) is 12.1 Å². The fourth-order valence-corrected chi connectivity index (χ4v) is 4.77. The third kappa shape index (κ3) is 2.22. The molecule has 106 valence electrons. The summed E-state index contributed by atoms with van der Waals surface area (Å²) in [6.45, 7) is 3.94. The number of hydrogen-bond donors (Lipinski definition) is 0. The first-order valence-corrected chi connectivity index (χ1v) is 7.98. The molecule has 6 heteroatoms. The Hall–Kier alpha value is -2.17. The summed E-state index contributed by atoms with van der Waals surface area (Å²) in [5.74, 6) is 0. The predicted molar refractivity (Wildman–Crippen MR) is 82.6 cm³/mol. The van der Waals surface area contributed by atoms with Gasteiger partial charge in [-0.05, 0) is 0 Å². The van der Waals surface area contributed by atoms with Crippen LogP contribution in [-0.2, 0) is 0 Å². The van der Waals surface area contributed by atoms with E-state index in [4.69, 9.17) is 0 Å². The number of nitro groups is 1. The summed E-state index contributed by atoms with van der Waals surface area (Å²) < 4.78 is 2.65. The number of para-hydroxylation sites is 1. The fraction of sp³-hybridized carbons (Fsp3) is 0.133. The number of rotatable bonds is 2. The van der Waals surface area contributed by atoms with Crippen LogP contribution in [-0.4, -0.2) is 23.2 Å². The molecular weight excluding hydrogens is 335 g/mol. The molecule has 21 heavy (non-hydrogen) atoms. The van der Waals surface area contributed by atoms with Gasteiger partial charge < -0.3 is 0 Å². The van der Waals surface area contributed by atoms with Crippen LogP contribution in [0.4, 0.5) is 5.69 Å². The Labute approximate surface area is 126 Å². The molecule has 0 N–H and O–H groups in total. The van der Waals surface area contributed by atoms with Gasteiger partial charge in [-0.1, -0.05) is 0 Å². The molecule has 3 rings (SSSR count). The number of non-ortho nitro benzene ring substituents is 1. The monoisotopic (exact) mass is 348 g/mol. The van der Waals surface area contributed by atoms with Crippen molar-refractivity contribution in [2.75, 3.05) is 0 Å². The van der Waals surface area contributed by atoms with Gasteiger partial charge in [-0.15, -0.1) is 0 Å². The number of nitro benzene ring substituents is 1. The van der Waals surface area contributed by atoms with Crippen molar-refractivity contribution in [2.24, 2.45) is 0 Å². The van der Waals surface area contributed by atoms with Crippen molar-refractivity contribution >= 4 is 30.1 Å². The van der Waals surface area contributed by atoms with Gasteiger partial charge in [-0.3, -0.25) is 0 Å². The minimum absolute atomic E-state index is 0.0405. The molecule has 0 bridgehead atoms. The third-order valence-corrected chi connectivity index (χ3v) is 5.69. The van der Waals surface area contributed by atoms with Gasteiger partial charge in [0.25, 0.3) is 0 Å². The average Bonchev–Trinajstić information content (AvgIpc) is 2.75. The number of aromatic nitrogens is 1. The zero-order chi connectivity index (χ0) is 15.1. The van der Waals surface area contributed by atoms with Crippen molar-refractivity contribution in [3.63, 3.8) is 0 Å². The molecule has 0 aliphatic rings. The first-order valence-electron chi connectivity index (χ1n) is 6.36. The normalized spacial score (nSPS) is 11.0. The SMILES string of the molecule is Cc1cccc(C)c1-n1[se]c2ccc([N+](=O)[O-])cc2c1=O. The summed E-state index contributed by atoms with van der Waals surface area (Å²) in [7, 11) is 0. The van der Waals surface area contributed by atoms with E-state index in [9.17, 15) is 14.9 Å². The van der Waals surface area contributed by atoms with Gasteiger partial charge in [0, 0.05) is 0 Å². The first-order chi connectivity index (χ1) is 9.99. The Morgan fingerprint density at radius 3 is 2.43 bits per heavy atom. The first kappa shape index (κ1) is 13.8. The van der Waals surface area contributed by atoms with Crippen LogP contribution >= 0.6 is 0 Å². The van der Waals surface area contributed by atoms with E-state index in [-0.39, 0.29) is 26.0 Å². The summed E-state index contributed by atoms with van der Waals surface area (Å²) in [5, 5.41) is 11.3. The molecule has 0 aliphatic carbocycles.